The number of hydrogen-bond acceptors (Lipinski definition) is 4. The smallest absolute Gasteiger partial charge is 0.191 e. The molecule has 0 saturated carbocycles. The van der Waals surface area contributed by atoms with E-state index < -0.39 is 0 Å². The Bertz CT molecular complexity index is 779. The fourth-order valence-electron chi connectivity index (χ4n) is 4.54. The van der Waals surface area contributed by atoms with Gasteiger partial charge in [0.2, 0.25) is 0 Å². The van der Waals surface area contributed by atoms with Gasteiger partial charge in [-0.1, -0.05) is 30.3 Å². The van der Waals surface area contributed by atoms with Crippen LogP contribution in [0.1, 0.15) is 49.8 Å². The predicted molar refractivity (Wildman–Crippen MR) is 129 cm³/mol. The van der Waals surface area contributed by atoms with Gasteiger partial charge >= 0.3 is 0 Å². The van der Waals surface area contributed by atoms with E-state index in [2.05, 4.69) is 45.9 Å². The van der Waals surface area contributed by atoms with Crippen LogP contribution in [0.25, 0.3) is 0 Å². The number of aliphatic imine (C=N–C) groups is 1. The van der Waals surface area contributed by atoms with E-state index in [1.54, 1.807) is 6.26 Å². The van der Waals surface area contributed by atoms with Crippen LogP contribution in [0.4, 0.5) is 0 Å². The topological polar surface area (TPSA) is 62.0 Å². The lowest BCUT2D eigenvalue weighted by molar-refractivity contribution is 0.0129. The van der Waals surface area contributed by atoms with Crippen LogP contribution in [0.3, 0.4) is 0 Å². The van der Waals surface area contributed by atoms with Crippen LogP contribution in [-0.4, -0.2) is 55.8 Å². The highest BCUT2D eigenvalue weighted by Crippen LogP contribution is 2.16. The van der Waals surface area contributed by atoms with Crippen molar-refractivity contribution in [3.05, 3.63) is 60.1 Å². The summed E-state index contributed by atoms with van der Waals surface area (Å²) in [4.78, 5) is 7.44. The lowest BCUT2D eigenvalue weighted by Crippen LogP contribution is -2.49. The van der Waals surface area contributed by atoms with Gasteiger partial charge < -0.3 is 19.8 Å². The minimum Gasteiger partial charge on any atom is -0.469 e. The van der Waals surface area contributed by atoms with Crippen molar-refractivity contribution >= 4 is 5.96 Å². The maximum Gasteiger partial charge on any atom is 0.191 e. The molecule has 4 rings (SSSR count). The van der Waals surface area contributed by atoms with Crippen molar-refractivity contribution in [1.82, 2.24) is 15.5 Å². The summed E-state index contributed by atoms with van der Waals surface area (Å²) < 4.78 is 11.3. The third-order valence-electron chi connectivity index (χ3n) is 6.42. The molecule has 6 nitrogen and oxygen atoms in total. The van der Waals surface area contributed by atoms with Gasteiger partial charge in [-0.2, -0.15) is 0 Å². The predicted octanol–water partition coefficient (Wildman–Crippen LogP) is 3.98. The van der Waals surface area contributed by atoms with Gasteiger partial charge in [0.25, 0.3) is 0 Å². The molecule has 0 amide bonds. The molecule has 2 aliphatic rings. The van der Waals surface area contributed by atoms with Crippen LogP contribution in [0, 0.1) is 0 Å². The SMILES string of the molecule is c1ccc(CN2CCC(NC(=NCCC3CCCCO3)NCCc3ccco3)CC2)cc1. The highest BCUT2D eigenvalue weighted by atomic mass is 16.5. The van der Waals surface area contributed by atoms with Crippen LogP contribution in [0.15, 0.2) is 58.1 Å². The molecule has 3 heterocycles. The molecule has 0 aliphatic carbocycles. The van der Waals surface area contributed by atoms with E-state index in [1.165, 1.54) is 24.8 Å². The van der Waals surface area contributed by atoms with E-state index in [9.17, 15) is 0 Å². The van der Waals surface area contributed by atoms with Crippen molar-refractivity contribution in [2.75, 3.05) is 32.8 Å². The van der Waals surface area contributed by atoms with Crippen molar-refractivity contribution < 1.29 is 9.15 Å². The monoisotopic (exact) mass is 438 g/mol. The molecule has 2 aromatic rings. The summed E-state index contributed by atoms with van der Waals surface area (Å²) in [6.45, 7) is 5.78. The van der Waals surface area contributed by atoms with E-state index in [0.29, 0.717) is 12.1 Å². The molecule has 0 bridgehead atoms. The fraction of sp³-hybridized carbons (Fsp3) is 0.577. The Balaban J connectivity index is 1.24. The molecular weight excluding hydrogens is 400 g/mol. The van der Waals surface area contributed by atoms with Crippen LogP contribution in [0.5, 0.6) is 0 Å². The van der Waals surface area contributed by atoms with Gasteiger partial charge in [-0.15, -0.1) is 0 Å². The lowest BCUT2D eigenvalue weighted by atomic mass is 10.0. The molecule has 1 aromatic carbocycles. The van der Waals surface area contributed by atoms with E-state index in [4.69, 9.17) is 14.1 Å². The first kappa shape index (κ1) is 22.9. The number of benzene rings is 1. The number of piperidine rings is 1. The van der Waals surface area contributed by atoms with E-state index in [-0.39, 0.29) is 0 Å². The molecular formula is C26H38N4O2. The molecule has 174 valence electrons. The molecule has 32 heavy (non-hydrogen) atoms. The van der Waals surface area contributed by atoms with Gasteiger partial charge in [-0.05, 0) is 56.2 Å². The molecule has 2 aliphatic heterocycles. The zero-order valence-electron chi connectivity index (χ0n) is 19.2. The average Bonchev–Trinajstić information content (AvgIpc) is 3.35. The van der Waals surface area contributed by atoms with Crippen LogP contribution in [0.2, 0.25) is 0 Å². The van der Waals surface area contributed by atoms with Crippen molar-refractivity contribution in [1.29, 1.82) is 0 Å². The molecule has 6 heteroatoms. The second kappa shape index (κ2) is 12.7. The lowest BCUT2D eigenvalue weighted by Gasteiger charge is -2.33. The summed E-state index contributed by atoms with van der Waals surface area (Å²) in [6, 6.07) is 15.2. The molecule has 2 N–H and O–H groups in total. The second-order valence-corrected chi connectivity index (χ2v) is 8.94. The first-order valence-corrected chi connectivity index (χ1v) is 12.3. The van der Waals surface area contributed by atoms with Crippen LogP contribution >= 0.6 is 0 Å². The van der Waals surface area contributed by atoms with Crippen molar-refractivity contribution in [3.63, 3.8) is 0 Å². The minimum absolute atomic E-state index is 0.373. The first-order chi connectivity index (χ1) is 15.8. The number of nitrogens with one attached hydrogen (secondary N) is 2. The summed E-state index contributed by atoms with van der Waals surface area (Å²) in [5.74, 6) is 1.93. The molecule has 2 fully saturated rings. The van der Waals surface area contributed by atoms with E-state index in [1.807, 2.05) is 12.1 Å². The number of nitrogens with zero attached hydrogens (tertiary/aromatic N) is 2. The van der Waals surface area contributed by atoms with Crippen molar-refractivity contribution in [2.24, 2.45) is 4.99 Å². The number of guanidine groups is 1. The van der Waals surface area contributed by atoms with Gasteiger partial charge in [0.05, 0.1) is 12.4 Å². The second-order valence-electron chi connectivity index (χ2n) is 8.94. The highest BCUT2D eigenvalue weighted by molar-refractivity contribution is 5.80. The van der Waals surface area contributed by atoms with Crippen LogP contribution < -0.4 is 10.6 Å². The molecule has 1 aromatic heterocycles. The van der Waals surface area contributed by atoms with Crippen molar-refractivity contribution in [3.8, 4) is 0 Å². The maximum atomic E-state index is 5.87. The van der Waals surface area contributed by atoms with E-state index in [0.717, 1.165) is 76.7 Å². The highest BCUT2D eigenvalue weighted by Gasteiger charge is 2.20. The maximum absolute atomic E-state index is 5.87. The third-order valence-corrected chi connectivity index (χ3v) is 6.42. The summed E-state index contributed by atoms with van der Waals surface area (Å²) >= 11 is 0. The molecule has 1 atom stereocenters. The third kappa shape index (κ3) is 7.68. The summed E-state index contributed by atoms with van der Waals surface area (Å²) in [5.41, 5.74) is 1.39. The summed E-state index contributed by atoms with van der Waals surface area (Å²) in [7, 11) is 0. The largest absolute Gasteiger partial charge is 0.469 e. The normalized spacial score (nSPS) is 20.9. The Morgan fingerprint density at radius 2 is 1.91 bits per heavy atom. The minimum atomic E-state index is 0.373. The van der Waals surface area contributed by atoms with Crippen LogP contribution in [-0.2, 0) is 17.7 Å². The average molecular weight is 439 g/mol. The molecule has 2 saturated heterocycles. The Morgan fingerprint density at radius 1 is 1.03 bits per heavy atom. The number of hydrogen-bond donors (Lipinski definition) is 2. The summed E-state index contributed by atoms with van der Waals surface area (Å²) in [5, 5.41) is 7.22. The zero-order valence-corrected chi connectivity index (χ0v) is 19.2. The van der Waals surface area contributed by atoms with Gasteiger partial charge in [-0.3, -0.25) is 9.89 Å². The number of ether oxygens (including phenoxy) is 1. The molecule has 0 spiro atoms. The van der Waals surface area contributed by atoms with Gasteiger partial charge in [0.1, 0.15) is 5.76 Å². The number of likely N-dealkylation sites (tertiary alicyclic amines) is 1. The van der Waals surface area contributed by atoms with E-state index >= 15 is 0 Å². The first-order valence-electron chi connectivity index (χ1n) is 12.3. The molecule has 1 unspecified atom stereocenters. The summed E-state index contributed by atoms with van der Waals surface area (Å²) in [6.07, 6.45) is 9.88. The Kier molecular flexibility index (Phi) is 9.04. The van der Waals surface area contributed by atoms with Gasteiger partial charge in [-0.25, -0.2) is 0 Å². The molecule has 0 radical (unpaired) electrons. The van der Waals surface area contributed by atoms with Gasteiger partial charge in [0.15, 0.2) is 5.96 Å². The Hall–Kier alpha value is -2.31. The fourth-order valence-corrected chi connectivity index (χ4v) is 4.54. The quantitative estimate of drug-likeness (QED) is 0.458. The Labute approximate surface area is 192 Å². The number of rotatable bonds is 9. The zero-order chi connectivity index (χ0) is 21.8. The van der Waals surface area contributed by atoms with Crippen molar-refractivity contribution in [2.45, 2.75) is 63.6 Å². The number of furan rings is 1. The standard InChI is InChI=1S/C26H38N4O2/c1-2-7-22(8-3-1)21-30-17-13-23(14-18-30)29-26(28-16-12-25-10-6-20-32-25)27-15-11-24-9-4-5-19-31-24/h1-3,6-8,10,20,23-24H,4-5,9,11-19,21H2,(H2,27,28,29). The Morgan fingerprint density at radius 3 is 2.66 bits per heavy atom. The van der Waals surface area contributed by atoms with Gasteiger partial charge in [0, 0.05) is 51.8 Å².